The zero-order chi connectivity index (χ0) is 41.0. The van der Waals surface area contributed by atoms with Crippen molar-refractivity contribution >= 4 is 43.6 Å². The second kappa shape index (κ2) is 13.3. The molecule has 290 valence electrons. The second-order valence-electron chi connectivity index (χ2n) is 18.5. The van der Waals surface area contributed by atoms with Crippen LogP contribution in [-0.4, -0.2) is 9.13 Å². The number of rotatable bonds is 4. The number of hydrogen-bond donors (Lipinski definition) is 0. The number of aryl methyl sites for hydroxylation is 4. The van der Waals surface area contributed by atoms with Crippen LogP contribution in [0.3, 0.4) is 0 Å². The Morgan fingerprint density at radius 3 is 0.983 bits per heavy atom. The summed E-state index contributed by atoms with van der Waals surface area (Å²) in [4.78, 5) is 0. The fourth-order valence-electron chi connectivity index (χ4n) is 9.47. The molecule has 0 atom stereocenters. The van der Waals surface area contributed by atoms with Gasteiger partial charge in [0, 0.05) is 32.7 Å². The van der Waals surface area contributed by atoms with Gasteiger partial charge in [0.2, 0.25) is 0 Å². The highest BCUT2D eigenvalue weighted by Crippen LogP contribution is 2.54. The SMILES string of the molecule is Cc1ccc2c(c1)c1cc(C)ccc1n2-c1c(-c2cccc(F)c2)c(C(C)(C)C)c(-n2c3ccc(C)cc3c3cc(C)ccc32)c(C(C)(C)C)c1-c1cccc(F)c1. The van der Waals surface area contributed by atoms with E-state index in [2.05, 4.69) is 151 Å². The number of hydrogen-bond acceptors (Lipinski definition) is 0. The van der Waals surface area contributed by atoms with Crippen molar-refractivity contribution in [2.45, 2.75) is 80.1 Å². The average Bonchev–Trinajstić information content (AvgIpc) is 3.63. The second-order valence-corrected chi connectivity index (χ2v) is 18.5. The minimum absolute atomic E-state index is 0.312. The highest BCUT2D eigenvalue weighted by atomic mass is 19.1. The molecule has 9 rings (SSSR count). The van der Waals surface area contributed by atoms with Gasteiger partial charge in [0.15, 0.2) is 0 Å². The molecule has 0 aliphatic heterocycles. The highest BCUT2D eigenvalue weighted by molar-refractivity contribution is 6.13. The molecule has 0 N–H and O–H groups in total. The van der Waals surface area contributed by atoms with Crippen molar-refractivity contribution in [3.8, 4) is 33.6 Å². The fourth-order valence-corrected chi connectivity index (χ4v) is 9.47. The van der Waals surface area contributed by atoms with Crippen LogP contribution in [0.2, 0.25) is 0 Å². The number of nitrogens with zero attached hydrogens (tertiary/aromatic N) is 2. The molecule has 0 saturated carbocycles. The van der Waals surface area contributed by atoms with Gasteiger partial charge >= 0.3 is 0 Å². The number of halogens is 2. The van der Waals surface area contributed by atoms with Crippen molar-refractivity contribution in [3.05, 3.63) is 166 Å². The first-order valence-electron chi connectivity index (χ1n) is 20.3. The van der Waals surface area contributed by atoms with Crippen LogP contribution in [0, 0.1) is 39.3 Å². The fraction of sp³-hybridized carbons (Fsp3) is 0.222. The summed E-state index contributed by atoms with van der Waals surface area (Å²) in [7, 11) is 0. The van der Waals surface area contributed by atoms with Crippen LogP contribution in [0.4, 0.5) is 8.78 Å². The van der Waals surface area contributed by atoms with Gasteiger partial charge in [0.1, 0.15) is 11.6 Å². The van der Waals surface area contributed by atoms with E-state index in [1.165, 1.54) is 45.2 Å². The normalized spacial score (nSPS) is 12.5. The predicted molar refractivity (Wildman–Crippen MR) is 242 cm³/mol. The van der Waals surface area contributed by atoms with Gasteiger partial charge in [-0.15, -0.1) is 0 Å². The van der Waals surface area contributed by atoms with Crippen molar-refractivity contribution in [3.63, 3.8) is 0 Å². The molecule has 2 nitrogen and oxygen atoms in total. The topological polar surface area (TPSA) is 9.86 Å². The molecule has 0 aliphatic carbocycles. The van der Waals surface area contributed by atoms with Crippen LogP contribution in [-0.2, 0) is 10.8 Å². The first kappa shape index (κ1) is 37.6. The molecule has 0 amide bonds. The lowest BCUT2D eigenvalue weighted by atomic mass is 9.71. The smallest absolute Gasteiger partial charge is 0.123 e. The van der Waals surface area contributed by atoms with Crippen molar-refractivity contribution in [1.82, 2.24) is 9.13 Å². The molecule has 0 fully saturated rings. The van der Waals surface area contributed by atoms with Crippen molar-refractivity contribution < 1.29 is 8.78 Å². The Morgan fingerprint density at radius 2 is 0.690 bits per heavy atom. The minimum atomic E-state index is -0.476. The summed E-state index contributed by atoms with van der Waals surface area (Å²) >= 11 is 0. The molecule has 0 bridgehead atoms. The maximum atomic E-state index is 15.9. The van der Waals surface area contributed by atoms with Crippen LogP contribution in [0.5, 0.6) is 0 Å². The van der Waals surface area contributed by atoms with Crippen LogP contribution >= 0.6 is 0 Å². The van der Waals surface area contributed by atoms with Gasteiger partial charge in [-0.25, -0.2) is 8.78 Å². The first-order chi connectivity index (χ1) is 27.5. The molecular formula is C54H50F2N2. The predicted octanol–water partition coefficient (Wildman–Crippen LogP) is 15.3. The quantitative estimate of drug-likeness (QED) is 0.169. The molecule has 7 aromatic carbocycles. The van der Waals surface area contributed by atoms with Crippen LogP contribution in [0.15, 0.2) is 121 Å². The summed E-state index contributed by atoms with van der Waals surface area (Å²) in [6, 6.07) is 40.8. The van der Waals surface area contributed by atoms with E-state index < -0.39 is 10.8 Å². The third-order valence-corrected chi connectivity index (χ3v) is 11.8. The first-order valence-corrected chi connectivity index (χ1v) is 20.3. The molecule has 4 heteroatoms. The molecule has 2 aromatic heterocycles. The van der Waals surface area contributed by atoms with E-state index in [1.54, 1.807) is 12.1 Å². The summed E-state index contributed by atoms with van der Waals surface area (Å²) in [6.45, 7) is 22.2. The largest absolute Gasteiger partial charge is 0.309 e. The highest BCUT2D eigenvalue weighted by Gasteiger charge is 2.38. The molecule has 2 heterocycles. The minimum Gasteiger partial charge on any atom is -0.309 e. The molecule has 0 radical (unpaired) electrons. The van der Waals surface area contributed by atoms with E-state index in [9.17, 15) is 0 Å². The van der Waals surface area contributed by atoms with E-state index >= 15 is 8.78 Å². The van der Waals surface area contributed by atoms with E-state index in [0.29, 0.717) is 0 Å². The molecule has 0 saturated heterocycles. The van der Waals surface area contributed by atoms with Gasteiger partial charge < -0.3 is 9.13 Å². The average molecular weight is 765 g/mol. The van der Waals surface area contributed by atoms with Gasteiger partial charge in [-0.3, -0.25) is 0 Å². The molecular weight excluding hydrogens is 715 g/mol. The molecule has 0 unspecified atom stereocenters. The summed E-state index contributed by atoms with van der Waals surface area (Å²) in [5.41, 5.74) is 15.5. The monoisotopic (exact) mass is 764 g/mol. The van der Waals surface area contributed by atoms with E-state index in [1.807, 2.05) is 24.3 Å². The number of aromatic nitrogens is 2. The third kappa shape index (κ3) is 5.95. The molecule has 9 aromatic rings. The summed E-state index contributed by atoms with van der Waals surface area (Å²) in [5.74, 6) is -0.623. The lowest BCUT2D eigenvalue weighted by Crippen LogP contribution is -2.26. The standard InChI is InChI=1S/C54H50F2N2/c1-31-17-21-43-39(25-31)40-26-32(2)18-22-44(40)57(43)51-47(35-13-11-15-37(55)29-35)49(53(5,6)7)52(50(54(8,9)10)48(51)36-14-12-16-38(56)30-36)58-45-23-19-33(3)27-41(45)42-28-34(4)20-24-46(42)58/h11-30H,1-10H3. The van der Waals surface area contributed by atoms with Gasteiger partial charge in [0.05, 0.1) is 33.4 Å². The van der Waals surface area contributed by atoms with Crippen LogP contribution in [0.1, 0.15) is 74.9 Å². The number of benzene rings is 7. The lowest BCUT2D eigenvalue weighted by Gasteiger charge is -2.38. The molecule has 0 spiro atoms. The van der Waals surface area contributed by atoms with E-state index in [-0.39, 0.29) is 11.6 Å². The van der Waals surface area contributed by atoms with Gasteiger partial charge in [0.25, 0.3) is 0 Å². The van der Waals surface area contributed by atoms with E-state index in [0.717, 1.165) is 77.6 Å². The Labute approximate surface area is 340 Å². The Bertz CT molecular complexity index is 2940. The van der Waals surface area contributed by atoms with Gasteiger partial charge in [-0.2, -0.15) is 0 Å². The van der Waals surface area contributed by atoms with Crippen molar-refractivity contribution in [1.29, 1.82) is 0 Å². The zero-order valence-corrected chi connectivity index (χ0v) is 35.2. The maximum absolute atomic E-state index is 15.9. The Morgan fingerprint density at radius 1 is 0.379 bits per heavy atom. The zero-order valence-electron chi connectivity index (χ0n) is 35.2. The van der Waals surface area contributed by atoms with E-state index in [4.69, 9.17) is 0 Å². The van der Waals surface area contributed by atoms with Gasteiger partial charge in [-0.05, 0) is 134 Å². The van der Waals surface area contributed by atoms with Crippen LogP contribution in [0.25, 0.3) is 77.2 Å². The third-order valence-electron chi connectivity index (χ3n) is 11.8. The van der Waals surface area contributed by atoms with Crippen LogP contribution < -0.4 is 0 Å². The summed E-state index contributed by atoms with van der Waals surface area (Å²) in [6.07, 6.45) is 0. The van der Waals surface area contributed by atoms with Gasteiger partial charge in [-0.1, -0.05) is 112 Å². The number of fused-ring (bicyclic) bond motifs is 6. The Hall–Kier alpha value is -6.00. The Balaban J connectivity index is 1.67. The summed E-state index contributed by atoms with van der Waals surface area (Å²) in [5, 5.41) is 4.63. The molecule has 0 aliphatic rings. The summed E-state index contributed by atoms with van der Waals surface area (Å²) < 4.78 is 36.6. The Kier molecular flexibility index (Phi) is 8.60. The lowest BCUT2D eigenvalue weighted by molar-refractivity contribution is 0.565. The van der Waals surface area contributed by atoms with Crippen molar-refractivity contribution in [2.24, 2.45) is 0 Å². The molecule has 58 heavy (non-hydrogen) atoms. The maximum Gasteiger partial charge on any atom is 0.123 e. The van der Waals surface area contributed by atoms with Crippen molar-refractivity contribution in [2.75, 3.05) is 0 Å².